The summed E-state index contributed by atoms with van der Waals surface area (Å²) >= 11 is 1.72. The zero-order valence-electron chi connectivity index (χ0n) is 12.1. The van der Waals surface area contributed by atoms with Gasteiger partial charge in [0.05, 0.1) is 11.4 Å². The van der Waals surface area contributed by atoms with Crippen LogP contribution in [0.3, 0.4) is 0 Å². The van der Waals surface area contributed by atoms with Crippen LogP contribution in [0.1, 0.15) is 5.56 Å². The van der Waals surface area contributed by atoms with E-state index in [0.29, 0.717) is 5.82 Å². The molecule has 3 rings (SSSR count). The summed E-state index contributed by atoms with van der Waals surface area (Å²) in [6, 6.07) is 18.3. The standard InChI is InChI=1S/C17H17N3S/c1-12-16(14-10-6-7-11-15(14)21-2)19-20(17(12)18)13-8-4-3-5-9-13/h3-11H,18H2,1-2H3. The van der Waals surface area contributed by atoms with Crippen LogP contribution < -0.4 is 5.73 Å². The largest absolute Gasteiger partial charge is 0.383 e. The minimum atomic E-state index is 0.687. The third kappa shape index (κ3) is 2.43. The Hall–Kier alpha value is -2.20. The van der Waals surface area contributed by atoms with Crippen molar-refractivity contribution in [2.75, 3.05) is 12.0 Å². The number of nitrogens with two attached hydrogens (primary N) is 1. The highest BCUT2D eigenvalue weighted by atomic mass is 32.2. The van der Waals surface area contributed by atoms with Crippen LogP contribution in [-0.2, 0) is 0 Å². The number of thioether (sulfide) groups is 1. The second kappa shape index (κ2) is 5.66. The Balaban J connectivity index is 2.18. The van der Waals surface area contributed by atoms with Gasteiger partial charge in [0.25, 0.3) is 0 Å². The van der Waals surface area contributed by atoms with E-state index in [9.17, 15) is 0 Å². The van der Waals surface area contributed by atoms with Gasteiger partial charge in [-0.05, 0) is 31.4 Å². The minimum absolute atomic E-state index is 0.687. The molecule has 0 spiro atoms. The first kappa shape index (κ1) is 13.8. The third-order valence-corrected chi connectivity index (χ3v) is 4.33. The van der Waals surface area contributed by atoms with Gasteiger partial charge in [-0.15, -0.1) is 11.8 Å². The van der Waals surface area contributed by atoms with Crippen LogP contribution in [0.2, 0.25) is 0 Å². The summed E-state index contributed by atoms with van der Waals surface area (Å²) in [5.74, 6) is 0.687. The van der Waals surface area contributed by atoms with E-state index in [1.165, 1.54) is 4.90 Å². The Morgan fingerprint density at radius 2 is 1.67 bits per heavy atom. The number of hydrogen-bond acceptors (Lipinski definition) is 3. The van der Waals surface area contributed by atoms with Crippen molar-refractivity contribution in [3.63, 3.8) is 0 Å². The SMILES string of the molecule is CSc1ccccc1-c1nn(-c2ccccc2)c(N)c1C. The highest BCUT2D eigenvalue weighted by Crippen LogP contribution is 2.34. The molecule has 0 saturated carbocycles. The molecule has 1 heterocycles. The van der Waals surface area contributed by atoms with Crippen molar-refractivity contribution in [1.29, 1.82) is 0 Å². The number of rotatable bonds is 3. The lowest BCUT2D eigenvalue weighted by molar-refractivity contribution is 0.894. The molecule has 2 aromatic carbocycles. The fourth-order valence-corrected chi connectivity index (χ4v) is 2.97. The monoisotopic (exact) mass is 295 g/mol. The van der Waals surface area contributed by atoms with Gasteiger partial charge in [0.1, 0.15) is 5.82 Å². The van der Waals surface area contributed by atoms with Gasteiger partial charge in [0, 0.05) is 16.0 Å². The number of aromatic nitrogens is 2. The predicted molar refractivity (Wildman–Crippen MR) is 89.9 cm³/mol. The highest BCUT2D eigenvalue weighted by molar-refractivity contribution is 7.98. The Morgan fingerprint density at radius 3 is 2.38 bits per heavy atom. The average Bonchev–Trinajstić information content (AvgIpc) is 2.84. The van der Waals surface area contributed by atoms with Gasteiger partial charge in [-0.25, -0.2) is 4.68 Å². The lowest BCUT2D eigenvalue weighted by atomic mass is 10.1. The smallest absolute Gasteiger partial charge is 0.130 e. The molecule has 0 saturated heterocycles. The molecule has 0 aliphatic heterocycles. The highest BCUT2D eigenvalue weighted by Gasteiger charge is 2.16. The molecule has 21 heavy (non-hydrogen) atoms. The molecule has 0 aliphatic carbocycles. The number of nitrogen functional groups attached to an aromatic ring is 1. The Kier molecular flexibility index (Phi) is 3.71. The van der Waals surface area contributed by atoms with E-state index in [1.54, 1.807) is 11.8 Å². The van der Waals surface area contributed by atoms with Gasteiger partial charge < -0.3 is 5.73 Å². The molecule has 2 N–H and O–H groups in total. The van der Waals surface area contributed by atoms with Crippen molar-refractivity contribution in [2.24, 2.45) is 0 Å². The fourth-order valence-electron chi connectivity index (χ4n) is 2.37. The van der Waals surface area contributed by atoms with Gasteiger partial charge in [0.2, 0.25) is 0 Å². The molecule has 0 radical (unpaired) electrons. The van der Waals surface area contributed by atoms with E-state index in [4.69, 9.17) is 10.8 Å². The average molecular weight is 295 g/mol. The molecular weight excluding hydrogens is 278 g/mol. The Bertz CT molecular complexity index is 763. The zero-order valence-corrected chi connectivity index (χ0v) is 12.9. The van der Waals surface area contributed by atoms with Crippen LogP contribution in [0, 0.1) is 6.92 Å². The molecule has 3 nitrogen and oxygen atoms in total. The van der Waals surface area contributed by atoms with Crippen LogP contribution in [0.15, 0.2) is 59.5 Å². The molecule has 0 unspecified atom stereocenters. The van der Waals surface area contributed by atoms with Crippen LogP contribution >= 0.6 is 11.8 Å². The van der Waals surface area contributed by atoms with Crippen molar-refractivity contribution in [2.45, 2.75) is 11.8 Å². The van der Waals surface area contributed by atoms with Gasteiger partial charge in [-0.3, -0.25) is 0 Å². The second-order valence-corrected chi connectivity index (χ2v) is 5.65. The molecular formula is C17H17N3S. The summed E-state index contributed by atoms with van der Waals surface area (Å²) in [4.78, 5) is 1.21. The summed E-state index contributed by atoms with van der Waals surface area (Å²) in [6.45, 7) is 2.02. The van der Waals surface area contributed by atoms with E-state index in [1.807, 2.05) is 54.1 Å². The van der Waals surface area contributed by atoms with Crippen molar-refractivity contribution < 1.29 is 0 Å². The molecule has 0 bridgehead atoms. The topological polar surface area (TPSA) is 43.8 Å². The van der Waals surface area contributed by atoms with E-state index in [-0.39, 0.29) is 0 Å². The van der Waals surface area contributed by atoms with Crippen LogP contribution in [0.5, 0.6) is 0 Å². The molecule has 3 aromatic rings. The number of benzene rings is 2. The maximum Gasteiger partial charge on any atom is 0.130 e. The molecule has 0 atom stereocenters. The zero-order chi connectivity index (χ0) is 14.8. The van der Waals surface area contributed by atoms with Gasteiger partial charge in [0.15, 0.2) is 0 Å². The maximum atomic E-state index is 6.26. The summed E-state index contributed by atoms with van der Waals surface area (Å²) in [5.41, 5.74) is 10.3. The summed E-state index contributed by atoms with van der Waals surface area (Å²) in [6.07, 6.45) is 2.08. The van der Waals surface area contributed by atoms with Gasteiger partial charge in [-0.2, -0.15) is 5.10 Å². The first-order chi connectivity index (χ1) is 10.2. The summed E-state index contributed by atoms with van der Waals surface area (Å²) in [5, 5.41) is 4.74. The first-order valence-electron chi connectivity index (χ1n) is 6.76. The Morgan fingerprint density at radius 1 is 1.00 bits per heavy atom. The van der Waals surface area contributed by atoms with Crippen LogP contribution in [0.4, 0.5) is 5.82 Å². The first-order valence-corrected chi connectivity index (χ1v) is 7.98. The fraction of sp³-hybridized carbons (Fsp3) is 0.118. The molecule has 4 heteroatoms. The van der Waals surface area contributed by atoms with Crippen molar-refractivity contribution in [3.8, 4) is 16.9 Å². The number of hydrogen-bond donors (Lipinski definition) is 1. The van der Waals surface area contributed by atoms with Gasteiger partial charge in [-0.1, -0.05) is 36.4 Å². The molecule has 1 aromatic heterocycles. The molecule has 0 aliphatic rings. The lowest BCUT2D eigenvalue weighted by Gasteiger charge is -2.05. The summed E-state index contributed by atoms with van der Waals surface area (Å²) in [7, 11) is 0. The van der Waals surface area contributed by atoms with Crippen molar-refractivity contribution in [1.82, 2.24) is 9.78 Å². The minimum Gasteiger partial charge on any atom is -0.383 e. The molecule has 106 valence electrons. The third-order valence-electron chi connectivity index (χ3n) is 3.53. The van der Waals surface area contributed by atoms with E-state index in [0.717, 1.165) is 22.5 Å². The molecule has 0 fully saturated rings. The number of nitrogens with zero attached hydrogens (tertiary/aromatic N) is 2. The quantitative estimate of drug-likeness (QED) is 0.738. The number of para-hydroxylation sites is 1. The van der Waals surface area contributed by atoms with E-state index in [2.05, 4.69) is 18.4 Å². The second-order valence-electron chi connectivity index (χ2n) is 4.81. The van der Waals surface area contributed by atoms with E-state index >= 15 is 0 Å². The van der Waals surface area contributed by atoms with Crippen LogP contribution in [0.25, 0.3) is 16.9 Å². The lowest BCUT2D eigenvalue weighted by Crippen LogP contribution is -2.01. The predicted octanol–water partition coefficient (Wildman–Crippen LogP) is 4.15. The van der Waals surface area contributed by atoms with Gasteiger partial charge >= 0.3 is 0 Å². The van der Waals surface area contributed by atoms with Crippen molar-refractivity contribution in [3.05, 3.63) is 60.2 Å². The van der Waals surface area contributed by atoms with Crippen molar-refractivity contribution >= 4 is 17.6 Å². The summed E-state index contributed by atoms with van der Waals surface area (Å²) < 4.78 is 1.81. The molecule has 0 amide bonds. The Labute approximate surface area is 128 Å². The van der Waals surface area contributed by atoms with E-state index < -0.39 is 0 Å². The normalized spacial score (nSPS) is 10.8. The number of anilines is 1. The van der Waals surface area contributed by atoms with Crippen LogP contribution in [-0.4, -0.2) is 16.0 Å². The maximum absolute atomic E-state index is 6.26.